The maximum atomic E-state index is 11.8. The summed E-state index contributed by atoms with van der Waals surface area (Å²) in [6, 6.07) is -1.30. The molecule has 1 amide bonds. The van der Waals surface area contributed by atoms with E-state index in [9.17, 15) is 55.9 Å². The zero-order valence-corrected chi connectivity index (χ0v) is 21.5. The Bertz CT molecular complexity index is 728. The molecular weight excluding hydrogens is 534 g/mol. The van der Waals surface area contributed by atoms with Crippen LogP contribution >= 0.6 is 0 Å². The van der Waals surface area contributed by atoms with Crippen molar-refractivity contribution in [1.29, 1.82) is 0 Å². The van der Waals surface area contributed by atoms with Crippen molar-refractivity contribution in [2.75, 3.05) is 33.0 Å². The first-order valence-electron chi connectivity index (χ1n) is 12.4. The van der Waals surface area contributed by atoms with E-state index in [-0.39, 0.29) is 0 Å². The van der Waals surface area contributed by atoms with Gasteiger partial charge in [0.25, 0.3) is 0 Å². The molecule has 0 saturated carbocycles. The molecule has 0 aromatic carbocycles. The zero-order valence-electron chi connectivity index (χ0n) is 21.5. The van der Waals surface area contributed by atoms with Gasteiger partial charge in [-0.2, -0.15) is 0 Å². The van der Waals surface area contributed by atoms with E-state index in [2.05, 4.69) is 5.32 Å². The van der Waals surface area contributed by atoms with E-state index in [1.54, 1.807) is 0 Å². The highest BCUT2D eigenvalue weighted by atomic mass is 16.7. The molecule has 0 aromatic heterocycles. The second-order valence-electron chi connectivity index (χ2n) is 9.50. The first-order chi connectivity index (χ1) is 18.4. The van der Waals surface area contributed by atoms with Crippen LogP contribution < -0.4 is 5.32 Å². The minimum atomic E-state index is -2.07. The Labute approximate surface area is 224 Å². The van der Waals surface area contributed by atoms with Crippen LogP contribution in [0.5, 0.6) is 0 Å². The largest absolute Gasteiger partial charge is 0.396 e. The molecule has 2 heterocycles. The fourth-order valence-corrected chi connectivity index (χ4v) is 4.15. The molecule has 9 unspecified atom stereocenters. The third-order valence-corrected chi connectivity index (χ3v) is 6.61. The van der Waals surface area contributed by atoms with Crippen molar-refractivity contribution < 1.29 is 79.5 Å². The van der Waals surface area contributed by atoms with Gasteiger partial charge in [0.15, 0.2) is 18.9 Å². The molecule has 0 radical (unpaired) electrons. The molecule has 0 aliphatic carbocycles. The molecule has 2 aliphatic rings. The van der Waals surface area contributed by atoms with Gasteiger partial charge in [-0.15, -0.1) is 0 Å². The lowest BCUT2D eigenvalue weighted by atomic mass is 9.96. The number of ether oxygens (including phenoxy) is 5. The minimum Gasteiger partial charge on any atom is -0.396 e. The number of rotatable bonds is 14. The van der Waals surface area contributed by atoms with Crippen LogP contribution in [0.1, 0.15) is 13.8 Å². The van der Waals surface area contributed by atoms with E-state index in [1.165, 1.54) is 6.92 Å². The number of hydrogen-bond donors (Lipinski definition) is 11. The fraction of sp³-hybridized carbons (Fsp3) is 0.955. The Morgan fingerprint density at radius 2 is 1.44 bits per heavy atom. The van der Waals surface area contributed by atoms with Crippen molar-refractivity contribution in [2.45, 2.75) is 93.7 Å². The molecule has 17 heteroatoms. The average Bonchev–Trinajstić information content (AvgIpc) is 2.90. The van der Waals surface area contributed by atoms with Crippen LogP contribution in [-0.2, 0) is 28.5 Å². The van der Waals surface area contributed by atoms with E-state index in [0.717, 1.165) is 6.92 Å². The molecule has 39 heavy (non-hydrogen) atoms. The monoisotopic (exact) mass is 575 g/mol. The molecule has 0 spiro atoms. The second kappa shape index (κ2) is 15.8. The third-order valence-electron chi connectivity index (χ3n) is 6.61. The van der Waals surface area contributed by atoms with Crippen molar-refractivity contribution >= 4 is 5.91 Å². The SMILES string of the molecule is CC(=O)NC1C(O[C@@H](C)C(CO)CO)OC(CO)C(OC(O)[C@H](O)CO[C@H]2O[C@H](CO)C(O)C(O)C2O)C1O. The van der Waals surface area contributed by atoms with Crippen molar-refractivity contribution in [1.82, 2.24) is 5.32 Å². The van der Waals surface area contributed by atoms with Crippen molar-refractivity contribution in [2.24, 2.45) is 5.92 Å². The quantitative estimate of drug-likeness (QED) is 0.0859. The first-order valence-corrected chi connectivity index (χ1v) is 12.4. The summed E-state index contributed by atoms with van der Waals surface area (Å²) in [6.45, 7) is -0.398. The summed E-state index contributed by atoms with van der Waals surface area (Å²) in [7, 11) is 0. The van der Waals surface area contributed by atoms with Gasteiger partial charge in [-0.05, 0) is 6.92 Å². The normalized spacial score (nSPS) is 37.9. The summed E-state index contributed by atoms with van der Waals surface area (Å²) in [5.74, 6) is -1.31. The van der Waals surface area contributed by atoms with Gasteiger partial charge in [0, 0.05) is 12.8 Å². The number of carbonyl (C=O) groups excluding carboxylic acids is 1. The van der Waals surface area contributed by atoms with Gasteiger partial charge < -0.3 is 80.1 Å². The summed E-state index contributed by atoms with van der Waals surface area (Å²) in [4.78, 5) is 11.8. The van der Waals surface area contributed by atoms with Crippen LogP contribution in [0.4, 0.5) is 0 Å². The van der Waals surface area contributed by atoms with Gasteiger partial charge in [-0.3, -0.25) is 4.79 Å². The van der Waals surface area contributed by atoms with Gasteiger partial charge in [0.1, 0.15) is 54.9 Å². The predicted molar refractivity (Wildman–Crippen MR) is 124 cm³/mol. The fourth-order valence-electron chi connectivity index (χ4n) is 4.15. The van der Waals surface area contributed by atoms with E-state index < -0.39 is 125 Å². The topological polar surface area (TPSA) is 278 Å². The zero-order chi connectivity index (χ0) is 29.4. The van der Waals surface area contributed by atoms with Crippen LogP contribution in [0.15, 0.2) is 0 Å². The van der Waals surface area contributed by atoms with E-state index in [4.69, 9.17) is 23.7 Å². The molecule has 11 N–H and O–H groups in total. The molecule has 230 valence electrons. The Morgan fingerprint density at radius 1 is 0.846 bits per heavy atom. The van der Waals surface area contributed by atoms with Crippen LogP contribution in [0.25, 0.3) is 0 Å². The molecule has 17 nitrogen and oxygen atoms in total. The summed E-state index contributed by atoms with van der Waals surface area (Å²) in [5, 5.41) is 102. The molecule has 2 fully saturated rings. The molecule has 2 rings (SSSR count). The lowest BCUT2D eigenvalue weighted by molar-refractivity contribution is -0.327. The lowest BCUT2D eigenvalue weighted by Crippen LogP contribution is -2.66. The van der Waals surface area contributed by atoms with Crippen LogP contribution in [0.2, 0.25) is 0 Å². The standard InChI is InChI=1S/C22H41NO16/c1-8(10(3-24)4-25)36-21-14(23-9(2)28)16(31)19(13(6-27)38-21)39-20(34)11(29)7-35-22-18(33)17(32)15(30)12(5-26)37-22/h8,10-22,24-27,29-34H,3-7H2,1-2H3,(H,23,28)/t8-,11+,12+,13?,14?,15?,16?,17?,18?,19?,20?,21?,22-/m0/s1. The summed E-state index contributed by atoms with van der Waals surface area (Å²) in [6.07, 6.45) is -18.6. The maximum absolute atomic E-state index is 11.8. The van der Waals surface area contributed by atoms with Gasteiger partial charge >= 0.3 is 0 Å². The van der Waals surface area contributed by atoms with Crippen molar-refractivity contribution in [3.63, 3.8) is 0 Å². The highest BCUT2D eigenvalue weighted by Gasteiger charge is 2.49. The van der Waals surface area contributed by atoms with Crippen molar-refractivity contribution in [3.8, 4) is 0 Å². The Balaban J connectivity index is 2.07. The Morgan fingerprint density at radius 3 is 1.97 bits per heavy atom. The van der Waals surface area contributed by atoms with E-state index in [0.29, 0.717) is 0 Å². The number of aliphatic hydroxyl groups excluding tert-OH is 10. The summed E-state index contributed by atoms with van der Waals surface area (Å²) < 4.78 is 27.0. The highest BCUT2D eigenvalue weighted by Crippen LogP contribution is 2.28. The third kappa shape index (κ3) is 8.68. The number of carbonyl (C=O) groups is 1. The highest BCUT2D eigenvalue weighted by molar-refractivity contribution is 5.73. The van der Waals surface area contributed by atoms with Gasteiger partial charge in [0.2, 0.25) is 5.91 Å². The molecule has 2 aliphatic heterocycles. The summed E-state index contributed by atoms with van der Waals surface area (Å²) >= 11 is 0. The van der Waals surface area contributed by atoms with Crippen LogP contribution in [0, 0.1) is 5.92 Å². The van der Waals surface area contributed by atoms with Gasteiger partial charge in [-0.1, -0.05) is 0 Å². The average molecular weight is 576 g/mol. The Hall–Kier alpha value is -1.13. The first kappa shape index (κ1) is 34.1. The molecule has 0 aromatic rings. The number of aliphatic hydroxyl groups is 10. The summed E-state index contributed by atoms with van der Waals surface area (Å²) in [5.41, 5.74) is 0. The van der Waals surface area contributed by atoms with E-state index in [1.807, 2.05) is 0 Å². The Kier molecular flexibility index (Phi) is 13.8. The maximum Gasteiger partial charge on any atom is 0.217 e. The smallest absolute Gasteiger partial charge is 0.217 e. The molecule has 0 bridgehead atoms. The van der Waals surface area contributed by atoms with Crippen molar-refractivity contribution in [3.05, 3.63) is 0 Å². The van der Waals surface area contributed by atoms with E-state index >= 15 is 0 Å². The molecular formula is C22H41NO16. The van der Waals surface area contributed by atoms with Gasteiger partial charge in [-0.25, -0.2) is 0 Å². The van der Waals surface area contributed by atoms with Crippen LogP contribution in [0.3, 0.4) is 0 Å². The second-order valence-corrected chi connectivity index (χ2v) is 9.50. The van der Waals surface area contributed by atoms with Gasteiger partial charge in [0.05, 0.1) is 39.1 Å². The minimum absolute atomic E-state index is 0.428. The predicted octanol–water partition coefficient (Wildman–Crippen LogP) is -6.54. The molecule has 13 atom stereocenters. The number of amides is 1. The lowest BCUT2D eigenvalue weighted by Gasteiger charge is -2.45. The number of hydrogen-bond acceptors (Lipinski definition) is 16. The number of nitrogens with one attached hydrogen (secondary N) is 1. The van der Waals surface area contributed by atoms with Crippen LogP contribution in [-0.4, -0.2) is 170 Å². The molecule has 2 saturated heterocycles.